The van der Waals surface area contributed by atoms with Gasteiger partial charge in [0, 0.05) is 17.3 Å². The number of fused-ring (bicyclic) bond motifs is 1. The highest BCUT2D eigenvalue weighted by Gasteiger charge is 2.17. The highest BCUT2D eigenvalue weighted by molar-refractivity contribution is 5.80. The number of hydrogen-bond donors (Lipinski definition) is 2. The number of hydrogen-bond acceptors (Lipinski definition) is 7. The Morgan fingerprint density at radius 2 is 2.20 bits per heavy atom. The number of benzene rings is 1. The predicted molar refractivity (Wildman–Crippen MR) is 91.5 cm³/mol. The number of anilines is 2. The largest absolute Gasteiger partial charge is 0.513 e. The average molecular weight is 342 g/mol. The summed E-state index contributed by atoms with van der Waals surface area (Å²) in [5, 5.41) is 17.3. The number of aromatic hydroxyl groups is 1. The molecule has 8 nitrogen and oxygen atoms in total. The van der Waals surface area contributed by atoms with Crippen molar-refractivity contribution in [3.05, 3.63) is 41.9 Å². The third kappa shape index (κ3) is 3.18. The van der Waals surface area contributed by atoms with Crippen LogP contribution in [0.5, 0.6) is 11.5 Å². The molecule has 0 bridgehead atoms. The Hall–Kier alpha value is -3.29. The molecule has 2 N–H and O–H groups in total. The first-order valence-corrected chi connectivity index (χ1v) is 7.71. The van der Waals surface area contributed by atoms with Crippen molar-refractivity contribution in [3.8, 4) is 11.5 Å². The number of carbonyl (C=O) groups is 1. The van der Waals surface area contributed by atoms with Crippen molar-refractivity contribution >= 4 is 23.2 Å². The van der Waals surface area contributed by atoms with Crippen LogP contribution in [0.1, 0.15) is 18.1 Å². The van der Waals surface area contributed by atoms with Crippen molar-refractivity contribution in [2.45, 2.75) is 20.3 Å². The molecule has 0 aliphatic rings. The molecule has 8 heteroatoms. The summed E-state index contributed by atoms with van der Waals surface area (Å²) in [7, 11) is 1.24. The molecular weight excluding hydrogens is 324 g/mol. The molecule has 0 saturated carbocycles. The summed E-state index contributed by atoms with van der Waals surface area (Å²) in [5.74, 6) is 1.08. The highest BCUT2D eigenvalue weighted by Crippen LogP contribution is 2.31. The summed E-state index contributed by atoms with van der Waals surface area (Å²) >= 11 is 0. The van der Waals surface area contributed by atoms with Crippen molar-refractivity contribution in [1.82, 2.24) is 14.6 Å². The molecule has 0 aliphatic carbocycles. The monoisotopic (exact) mass is 342 g/mol. The number of ether oxygens (including phenoxy) is 2. The second-order valence-corrected chi connectivity index (χ2v) is 5.40. The number of carbonyl (C=O) groups excluding carboxylic acids is 1. The molecule has 0 fully saturated rings. The fourth-order valence-electron chi connectivity index (χ4n) is 2.54. The van der Waals surface area contributed by atoms with Gasteiger partial charge in [0.15, 0.2) is 11.6 Å². The van der Waals surface area contributed by atoms with Crippen LogP contribution in [0.3, 0.4) is 0 Å². The van der Waals surface area contributed by atoms with Crippen LogP contribution < -0.4 is 10.1 Å². The molecule has 25 heavy (non-hydrogen) atoms. The topological polar surface area (TPSA) is 98.0 Å². The maximum absolute atomic E-state index is 11.4. The SMILES string of the molecule is CCc1ccc(Nc2ncnn3cc(OC(=O)OC)c(C)c23)cc1O. The maximum atomic E-state index is 11.4. The Kier molecular flexibility index (Phi) is 4.42. The number of aromatic nitrogens is 3. The molecule has 3 rings (SSSR count). The van der Waals surface area contributed by atoms with Gasteiger partial charge < -0.3 is 19.9 Å². The first-order valence-electron chi connectivity index (χ1n) is 7.71. The summed E-state index contributed by atoms with van der Waals surface area (Å²) in [5.41, 5.74) is 2.89. The first-order chi connectivity index (χ1) is 12.0. The molecule has 0 saturated heterocycles. The maximum Gasteiger partial charge on any atom is 0.513 e. The van der Waals surface area contributed by atoms with Crippen LogP contribution in [0.15, 0.2) is 30.7 Å². The minimum absolute atomic E-state index is 0.222. The van der Waals surface area contributed by atoms with Crippen molar-refractivity contribution in [2.24, 2.45) is 0 Å². The van der Waals surface area contributed by atoms with E-state index in [-0.39, 0.29) is 5.75 Å². The summed E-state index contributed by atoms with van der Waals surface area (Å²) < 4.78 is 11.2. The van der Waals surface area contributed by atoms with Gasteiger partial charge >= 0.3 is 6.16 Å². The van der Waals surface area contributed by atoms with Gasteiger partial charge in [-0.1, -0.05) is 13.0 Å². The smallest absolute Gasteiger partial charge is 0.508 e. The Labute approximate surface area is 144 Å². The summed E-state index contributed by atoms with van der Waals surface area (Å²) in [6.07, 6.45) is 2.90. The zero-order chi connectivity index (χ0) is 18.0. The molecule has 0 unspecified atom stereocenters. The Morgan fingerprint density at radius 1 is 1.40 bits per heavy atom. The van der Waals surface area contributed by atoms with Crippen LogP contribution in [0.4, 0.5) is 16.3 Å². The number of nitrogens with one attached hydrogen (secondary N) is 1. The van der Waals surface area contributed by atoms with E-state index in [0.717, 1.165) is 12.0 Å². The fourth-order valence-corrected chi connectivity index (χ4v) is 2.54. The summed E-state index contributed by atoms with van der Waals surface area (Å²) in [6.45, 7) is 3.77. The predicted octanol–water partition coefficient (Wildman–Crippen LogP) is 3.19. The number of phenols is 1. The summed E-state index contributed by atoms with van der Waals surface area (Å²) in [4.78, 5) is 15.6. The number of phenolic OH excluding ortho intramolecular Hbond substituents is 1. The van der Waals surface area contributed by atoms with Crippen molar-refractivity contribution in [2.75, 3.05) is 12.4 Å². The standard InChI is InChI=1S/C17H18N4O4/c1-4-11-5-6-12(7-13(11)22)20-16-15-10(2)14(25-17(23)24-3)8-21(15)19-9-18-16/h5-9,22H,4H2,1-3H3,(H,18,19,20). The third-order valence-electron chi connectivity index (χ3n) is 3.87. The second-order valence-electron chi connectivity index (χ2n) is 5.40. The third-order valence-corrected chi connectivity index (χ3v) is 3.87. The average Bonchev–Trinajstić information content (AvgIpc) is 2.92. The van der Waals surface area contributed by atoms with Crippen molar-refractivity contribution in [1.29, 1.82) is 0 Å². The Bertz CT molecular complexity index is 936. The van der Waals surface area contributed by atoms with E-state index in [1.807, 2.05) is 19.1 Å². The van der Waals surface area contributed by atoms with Crippen LogP contribution >= 0.6 is 0 Å². The molecule has 1 aromatic carbocycles. The van der Waals surface area contributed by atoms with Crippen molar-refractivity contribution < 1.29 is 19.4 Å². The van der Waals surface area contributed by atoms with E-state index in [9.17, 15) is 9.90 Å². The van der Waals surface area contributed by atoms with E-state index < -0.39 is 6.16 Å². The first kappa shape index (κ1) is 16.6. The lowest BCUT2D eigenvalue weighted by Gasteiger charge is -2.09. The van der Waals surface area contributed by atoms with Crippen LogP contribution in [0.2, 0.25) is 0 Å². The van der Waals surface area contributed by atoms with Gasteiger partial charge in [0.25, 0.3) is 0 Å². The lowest BCUT2D eigenvalue weighted by atomic mass is 10.1. The van der Waals surface area contributed by atoms with Gasteiger partial charge in [-0.05, 0) is 25.0 Å². The highest BCUT2D eigenvalue weighted by atomic mass is 16.7. The molecular formula is C17H18N4O4. The van der Waals surface area contributed by atoms with Gasteiger partial charge in [-0.25, -0.2) is 14.3 Å². The zero-order valence-electron chi connectivity index (χ0n) is 14.1. The van der Waals surface area contributed by atoms with Crippen LogP contribution in [0, 0.1) is 6.92 Å². The number of rotatable bonds is 4. The Balaban J connectivity index is 1.99. The second kappa shape index (κ2) is 6.68. The molecule has 3 aromatic rings. The van der Waals surface area contributed by atoms with E-state index in [1.54, 1.807) is 23.7 Å². The molecule has 0 aliphatic heterocycles. The van der Waals surface area contributed by atoms with Gasteiger partial charge in [0.1, 0.15) is 17.6 Å². The Morgan fingerprint density at radius 3 is 2.88 bits per heavy atom. The molecule has 2 heterocycles. The molecule has 0 radical (unpaired) electrons. The quantitative estimate of drug-likeness (QED) is 0.703. The van der Waals surface area contributed by atoms with Gasteiger partial charge in [0.05, 0.1) is 13.3 Å². The molecule has 0 atom stereocenters. The van der Waals surface area contributed by atoms with E-state index in [1.165, 1.54) is 13.4 Å². The zero-order valence-corrected chi connectivity index (χ0v) is 14.1. The lowest BCUT2D eigenvalue weighted by Crippen LogP contribution is -2.07. The molecule has 2 aromatic heterocycles. The number of methoxy groups -OCH3 is 1. The van der Waals surface area contributed by atoms with Gasteiger partial charge in [-0.15, -0.1) is 0 Å². The summed E-state index contributed by atoms with van der Waals surface area (Å²) in [6, 6.07) is 5.36. The van der Waals surface area contributed by atoms with Gasteiger partial charge in [-0.2, -0.15) is 5.10 Å². The number of nitrogens with zero attached hydrogens (tertiary/aromatic N) is 3. The molecule has 0 amide bonds. The minimum atomic E-state index is -0.804. The normalized spacial score (nSPS) is 10.7. The van der Waals surface area contributed by atoms with E-state index in [0.29, 0.717) is 28.3 Å². The van der Waals surface area contributed by atoms with E-state index >= 15 is 0 Å². The van der Waals surface area contributed by atoms with Gasteiger partial charge in [0.2, 0.25) is 0 Å². The molecule has 0 spiro atoms. The van der Waals surface area contributed by atoms with Gasteiger partial charge in [-0.3, -0.25) is 0 Å². The van der Waals surface area contributed by atoms with Crippen molar-refractivity contribution in [3.63, 3.8) is 0 Å². The van der Waals surface area contributed by atoms with E-state index in [2.05, 4.69) is 20.1 Å². The number of aryl methyl sites for hydroxylation is 2. The fraction of sp³-hybridized carbons (Fsp3) is 0.235. The minimum Gasteiger partial charge on any atom is -0.508 e. The molecule has 130 valence electrons. The van der Waals surface area contributed by atoms with E-state index in [4.69, 9.17) is 4.74 Å². The lowest BCUT2D eigenvalue weighted by molar-refractivity contribution is 0.121. The van der Waals surface area contributed by atoms with Crippen LogP contribution in [-0.4, -0.2) is 33.0 Å². The van der Waals surface area contributed by atoms with Crippen LogP contribution in [-0.2, 0) is 11.2 Å². The van der Waals surface area contributed by atoms with Crippen LogP contribution in [0.25, 0.3) is 5.52 Å².